The molecule has 0 bridgehead atoms. The summed E-state index contributed by atoms with van der Waals surface area (Å²) in [4.78, 5) is 19.5. The first-order valence-electron chi connectivity index (χ1n) is 7.73. The number of thioether (sulfide) groups is 1. The first-order valence-corrected chi connectivity index (χ1v) is 9.60. The van der Waals surface area contributed by atoms with Crippen LogP contribution in [0.4, 0.5) is 0 Å². The molecule has 4 rings (SSSR count). The number of hydrogen-bond acceptors (Lipinski definition) is 5. The van der Waals surface area contributed by atoms with Crippen LogP contribution in [0.15, 0.2) is 42.0 Å². The summed E-state index contributed by atoms with van der Waals surface area (Å²) in [5.41, 5.74) is 0. The minimum Gasteiger partial charge on any atom is -0.488 e. The summed E-state index contributed by atoms with van der Waals surface area (Å²) in [6.45, 7) is 1.71. The maximum atomic E-state index is 12.3. The Labute approximate surface area is 143 Å². The molecule has 1 atom stereocenters. The van der Waals surface area contributed by atoms with E-state index in [2.05, 4.69) is 4.98 Å². The van der Waals surface area contributed by atoms with Crippen LogP contribution in [0.5, 0.6) is 5.75 Å². The standard InChI is InChI=1S/C17H18N2O2S2/c20-16(7-15-4-2-6-22-15)19-11-17(12-19)8-14(10-23-17)21-13-3-1-5-18-9-13/h1-6,9,14H,7-8,10-12H2/t14-/m0/s1. The molecule has 23 heavy (non-hydrogen) atoms. The second kappa shape index (κ2) is 6.17. The van der Waals surface area contributed by atoms with Gasteiger partial charge in [-0.25, -0.2) is 0 Å². The molecule has 2 aliphatic rings. The van der Waals surface area contributed by atoms with Gasteiger partial charge in [0.2, 0.25) is 5.91 Å². The molecule has 1 amide bonds. The number of thiophene rings is 1. The Bertz CT molecular complexity index is 669. The number of likely N-dealkylation sites (tertiary alicyclic amines) is 1. The van der Waals surface area contributed by atoms with Crippen LogP contribution in [0, 0.1) is 0 Å². The molecular weight excluding hydrogens is 328 g/mol. The van der Waals surface area contributed by atoms with Crippen LogP contribution < -0.4 is 4.74 Å². The van der Waals surface area contributed by atoms with Crippen molar-refractivity contribution in [1.82, 2.24) is 9.88 Å². The first-order chi connectivity index (χ1) is 11.2. The highest BCUT2D eigenvalue weighted by molar-refractivity contribution is 8.01. The van der Waals surface area contributed by atoms with E-state index in [1.807, 2.05) is 46.3 Å². The Morgan fingerprint density at radius 3 is 3.04 bits per heavy atom. The Kier molecular flexibility index (Phi) is 4.03. The number of aromatic nitrogens is 1. The minimum absolute atomic E-state index is 0.206. The van der Waals surface area contributed by atoms with E-state index in [4.69, 9.17) is 4.74 Å². The summed E-state index contributed by atoms with van der Waals surface area (Å²) in [7, 11) is 0. The Hall–Kier alpha value is -1.53. The van der Waals surface area contributed by atoms with Crippen molar-refractivity contribution in [2.75, 3.05) is 18.8 Å². The fourth-order valence-electron chi connectivity index (χ4n) is 3.21. The van der Waals surface area contributed by atoms with E-state index >= 15 is 0 Å². The van der Waals surface area contributed by atoms with Gasteiger partial charge >= 0.3 is 0 Å². The van der Waals surface area contributed by atoms with Crippen LogP contribution in [-0.2, 0) is 11.2 Å². The van der Waals surface area contributed by atoms with E-state index in [0.29, 0.717) is 6.42 Å². The van der Waals surface area contributed by atoms with Gasteiger partial charge in [0, 0.05) is 36.3 Å². The van der Waals surface area contributed by atoms with Gasteiger partial charge in [-0.1, -0.05) is 6.07 Å². The van der Waals surface area contributed by atoms with Gasteiger partial charge in [0.1, 0.15) is 11.9 Å². The molecule has 0 saturated carbocycles. The van der Waals surface area contributed by atoms with Crippen LogP contribution >= 0.6 is 23.1 Å². The largest absolute Gasteiger partial charge is 0.488 e. The summed E-state index contributed by atoms with van der Waals surface area (Å²) >= 11 is 3.60. The molecule has 0 N–H and O–H groups in total. The highest BCUT2D eigenvalue weighted by Gasteiger charge is 2.51. The van der Waals surface area contributed by atoms with E-state index in [0.717, 1.165) is 35.9 Å². The highest BCUT2D eigenvalue weighted by Crippen LogP contribution is 2.46. The van der Waals surface area contributed by atoms with Crippen molar-refractivity contribution < 1.29 is 9.53 Å². The first kappa shape index (κ1) is 15.0. The Morgan fingerprint density at radius 1 is 1.39 bits per heavy atom. The molecule has 120 valence electrons. The fraction of sp³-hybridized carbons (Fsp3) is 0.412. The van der Waals surface area contributed by atoms with Gasteiger partial charge in [0.15, 0.2) is 0 Å². The number of pyridine rings is 1. The van der Waals surface area contributed by atoms with E-state index in [1.54, 1.807) is 23.7 Å². The molecule has 2 aromatic heterocycles. The van der Waals surface area contributed by atoms with E-state index in [-0.39, 0.29) is 16.8 Å². The average molecular weight is 346 g/mol. The lowest BCUT2D eigenvalue weighted by Crippen LogP contribution is -2.61. The normalized spacial score (nSPS) is 22.1. The van der Waals surface area contributed by atoms with Crippen molar-refractivity contribution in [2.45, 2.75) is 23.7 Å². The second-order valence-electron chi connectivity index (χ2n) is 6.13. The molecular formula is C17H18N2O2S2. The van der Waals surface area contributed by atoms with Gasteiger partial charge in [-0.3, -0.25) is 9.78 Å². The zero-order valence-electron chi connectivity index (χ0n) is 12.7. The molecule has 2 aromatic rings. The third-order valence-corrected chi connectivity index (χ3v) is 6.78. The van der Waals surface area contributed by atoms with Crippen LogP contribution in [0.25, 0.3) is 0 Å². The lowest BCUT2D eigenvalue weighted by molar-refractivity contribution is -0.135. The summed E-state index contributed by atoms with van der Waals surface area (Å²) in [6.07, 6.45) is 5.27. The van der Waals surface area contributed by atoms with Crippen LogP contribution in [0.2, 0.25) is 0 Å². The molecule has 2 saturated heterocycles. The van der Waals surface area contributed by atoms with Crippen LogP contribution in [0.3, 0.4) is 0 Å². The molecule has 4 heterocycles. The zero-order chi connectivity index (χ0) is 15.7. The van der Waals surface area contributed by atoms with Gasteiger partial charge in [0.05, 0.1) is 17.4 Å². The van der Waals surface area contributed by atoms with E-state index in [1.165, 1.54) is 0 Å². The third-order valence-electron chi connectivity index (χ3n) is 4.33. The number of carbonyl (C=O) groups excluding carboxylic acids is 1. The predicted octanol–water partition coefficient (Wildman–Crippen LogP) is 2.85. The summed E-state index contributed by atoms with van der Waals surface area (Å²) < 4.78 is 6.21. The quantitative estimate of drug-likeness (QED) is 0.854. The molecule has 4 nitrogen and oxygen atoms in total. The lowest BCUT2D eigenvalue weighted by atomic mass is 9.92. The number of amides is 1. The van der Waals surface area contributed by atoms with Crippen molar-refractivity contribution in [3.63, 3.8) is 0 Å². The molecule has 2 fully saturated rings. The number of hydrogen-bond donors (Lipinski definition) is 0. The van der Waals surface area contributed by atoms with Crippen LogP contribution in [-0.4, -0.2) is 45.5 Å². The maximum absolute atomic E-state index is 12.3. The smallest absolute Gasteiger partial charge is 0.227 e. The van der Waals surface area contributed by atoms with Crippen molar-refractivity contribution in [2.24, 2.45) is 0 Å². The number of ether oxygens (including phenoxy) is 1. The predicted molar refractivity (Wildman–Crippen MR) is 93.1 cm³/mol. The zero-order valence-corrected chi connectivity index (χ0v) is 14.3. The molecule has 0 radical (unpaired) electrons. The van der Waals surface area contributed by atoms with Gasteiger partial charge < -0.3 is 9.64 Å². The molecule has 2 aliphatic heterocycles. The highest BCUT2D eigenvalue weighted by atomic mass is 32.2. The van der Waals surface area contributed by atoms with E-state index in [9.17, 15) is 4.79 Å². The molecule has 0 aliphatic carbocycles. The Balaban J connectivity index is 1.28. The van der Waals surface area contributed by atoms with Gasteiger partial charge in [-0.15, -0.1) is 23.1 Å². The summed E-state index contributed by atoms with van der Waals surface area (Å²) in [5, 5.41) is 2.02. The van der Waals surface area contributed by atoms with Crippen molar-refractivity contribution >= 4 is 29.0 Å². The number of nitrogens with zero attached hydrogens (tertiary/aromatic N) is 2. The third kappa shape index (κ3) is 3.23. The topological polar surface area (TPSA) is 42.4 Å². The SMILES string of the molecule is O=C(Cc1cccs1)N1CC2(C[C@H](Oc3cccnc3)CS2)C1. The number of rotatable bonds is 4. The Morgan fingerprint density at radius 2 is 2.30 bits per heavy atom. The van der Waals surface area contributed by atoms with Gasteiger partial charge in [-0.2, -0.15) is 0 Å². The molecule has 1 spiro atoms. The van der Waals surface area contributed by atoms with Gasteiger partial charge in [-0.05, 0) is 23.6 Å². The average Bonchev–Trinajstić information content (AvgIpc) is 3.16. The van der Waals surface area contributed by atoms with Crippen molar-refractivity contribution in [3.8, 4) is 5.75 Å². The van der Waals surface area contributed by atoms with Gasteiger partial charge in [0.25, 0.3) is 0 Å². The van der Waals surface area contributed by atoms with Crippen molar-refractivity contribution in [1.29, 1.82) is 0 Å². The molecule has 6 heteroatoms. The molecule has 0 aromatic carbocycles. The lowest BCUT2D eigenvalue weighted by Gasteiger charge is -2.47. The van der Waals surface area contributed by atoms with Crippen molar-refractivity contribution in [3.05, 3.63) is 46.9 Å². The fourth-order valence-corrected chi connectivity index (χ4v) is 5.43. The molecule has 0 unspecified atom stereocenters. The summed E-state index contributed by atoms with van der Waals surface area (Å²) in [5.74, 6) is 2.07. The second-order valence-corrected chi connectivity index (χ2v) is 8.65. The minimum atomic E-state index is 0.206. The monoisotopic (exact) mass is 346 g/mol. The van der Waals surface area contributed by atoms with E-state index < -0.39 is 0 Å². The maximum Gasteiger partial charge on any atom is 0.227 e. The number of carbonyl (C=O) groups is 1. The van der Waals surface area contributed by atoms with Crippen LogP contribution in [0.1, 0.15) is 11.3 Å². The summed E-state index contributed by atoms with van der Waals surface area (Å²) in [6, 6.07) is 7.86.